The van der Waals surface area contributed by atoms with Gasteiger partial charge in [-0.05, 0) is 51.7 Å². The van der Waals surface area contributed by atoms with Crippen LogP contribution in [0.25, 0.3) is 0 Å². The van der Waals surface area contributed by atoms with Crippen LogP contribution in [-0.2, 0) is 0 Å². The molecular weight excluding hydrogens is 148 g/mol. The van der Waals surface area contributed by atoms with Gasteiger partial charge in [-0.15, -0.1) is 0 Å². The van der Waals surface area contributed by atoms with Crippen molar-refractivity contribution in [3.05, 3.63) is 0 Å². The Morgan fingerprint density at radius 2 is 2.17 bits per heavy atom. The molecule has 0 aromatic heterocycles. The van der Waals surface area contributed by atoms with Crippen molar-refractivity contribution in [2.75, 3.05) is 26.7 Å². The summed E-state index contributed by atoms with van der Waals surface area (Å²) in [6.07, 6.45) is 5.69. The van der Waals surface area contributed by atoms with Crippen LogP contribution < -0.4 is 5.32 Å². The van der Waals surface area contributed by atoms with Gasteiger partial charge in [0.15, 0.2) is 0 Å². The molecule has 1 aliphatic carbocycles. The standard InChI is InChI=1S/C10H20N2/c1-12(10-4-5-10)8-9-3-2-6-11-7-9/h9-11H,2-8H2,1H3/t9-/m0/s1. The number of nitrogens with zero attached hydrogens (tertiary/aromatic N) is 1. The second-order valence-electron chi connectivity index (χ2n) is 4.38. The van der Waals surface area contributed by atoms with Crippen molar-refractivity contribution in [3.8, 4) is 0 Å². The fraction of sp³-hybridized carbons (Fsp3) is 1.00. The summed E-state index contributed by atoms with van der Waals surface area (Å²) in [5, 5.41) is 3.47. The molecule has 2 nitrogen and oxygen atoms in total. The molecular formula is C10H20N2. The first-order valence-corrected chi connectivity index (χ1v) is 5.27. The van der Waals surface area contributed by atoms with Crippen LogP contribution in [0.15, 0.2) is 0 Å². The van der Waals surface area contributed by atoms with E-state index >= 15 is 0 Å². The first-order chi connectivity index (χ1) is 5.86. The predicted molar refractivity (Wildman–Crippen MR) is 51.2 cm³/mol. The Balaban J connectivity index is 1.69. The largest absolute Gasteiger partial charge is 0.316 e. The van der Waals surface area contributed by atoms with Gasteiger partial charge in [0.05, 0.1) is 0 Å². The van der Waals surface area contributed by atoms with Gasteiger partial charge in [-0.25, -0.2) is 0 Å². The molecule has 1 saturated carbocycles. The molecule has 12 heavy (non-hydrogen) atoms. The van der Waals surface area contributed by atoms with Crippen LogP contribution in [0.1, 0.15) is 25.7 Å². The molecule has 70 valence electrons. The van der Waals surface area contributed by atoms with Gasteiger partial charge >= 0.3 is 0 Å². The van der Waals surface area contributed by atoms with Gasteiger partial charge in [-0.1, -0.05) is 0 Å². The third-order valence-corrected chi connectivity index (χ3v) is 3.12. The van der Waals surface area contributed by atoms with Gasteiger partial charge < -0.3 is 10.2 Å². The summed E-state index contributed by atoms with van der Waals surface area (Å²) >= 11 is 0. The van der Waals surface area contributed by atoms with Gasteiger partial charge in [-0.2, -0.15) is 0 Å². The van der Waals surface area contributed by atoms with E-state index in [-0.39, 0.29) is 0 Å². The molecule has 0 aromatic carbocycles. The quantitative estimate of drug-likeness (QED) is 0.678. The highest BCUT2D eigenvalue weighted by Gasteiger charge is 2.27. The van der Waals surface area contributed by atoms with Crippen molar-refractivity contribution in [3.63, 3.8) is 0 Å². The second-order valence-corrected chi connectivity index (χ2v) is 4.38. The first-order valence-electron chi connectivity index (χ1n) is 5.27. The molecule has 1 heterocycles. The van der Waals surface area contributed by atoms with Crippen LogP contribution >= 0.6 is 0 Å². The number of hydrogen-bond acceptors (Lipinski definition) is 2. The smallest absolute Gasteiger partial charge is 0.00934 e. The maximum atomic E-state index is 3.47. The van der Waals surface area contributed by atoms with Gasteiger partial charge in [-0.3, -0.25) is 0 Å². The van der Waals surface area contributed by atoms with Crippen LogP contribution in [0, 0.1) is 5.92 Å². The van der Waals surface area contributed by atoms with Crippen molar-refractivity contribution in [2.45, 2.75) is 31.7 Å². The molecule has 0 radical (unpaired) electrons. The van der Waals surface area contributed by atoms with Crippen molar-refractivity contribution < 1.29 is 0 Å². The Labute approximate surface area is 75.3 Å². The van der Waals surface area contributed by atoms with E-state index in [9.17, 15) is 0 Å². The lowest BCUT2D eigenvalue weighted by Gasteiger charge is -2.27. The van der Waals surface area contributed by atoms with Crippen molar-refractivity contribution >= 4 is 0 Å². The molecule has 0 bridgehead atoms. The SMILES string of the molecule is CN(C[C@H]1CCCNC1)C1CC1. The van der Waals surface area contributed by atoms with Gasteiger partial charge in [0, 0.05) is 12.6 Å². The number of piperidine rings is 1. The van der Waals surface area contributed by atoms with Gasteiger partial charge in [0.1, 0.15) is 0 Å². The highest BCUT2D eigenvalue weighted by Crippen LogP contribution is 2.26. The zero-order valence-electron chi connectivity index (χ0n) is 8.05. The van der Waals surface area contributed by atoms with Crippen LogP contribution in [0.3, 0.4) is 0 Å². The summed E-state index contributed by atoms with van der Waals surface area (Å²) in [7, 11) is 2.28. The Morgan fingerprint density at radius 3 is 2.75 bits per heavy atom. The first kappa shape index (κ1) is 8.52. The lowest BCUT2D eigenvalue weighted by atomic mass is 9.99. The lowest BCUT2D eigenvalue weighted by molar-refractivity contribution is 0.236. The summed E-state index contributed by atoms with van der Waals surface area (Å²) in [6, 6.07) is 0.937. The van der Waals surface area contributed by atoms with Crippen molar-refractivity contribution in [2.24, 2.45) is 5.92 Å². The highest BCUT2D eigenvalue weighted by molar-refractivity contribution is 4.84. The Bertz CT molecular complexity index is 137. The zero-order chi connectivity index (χ0) is 8.39. The summed E-state index contributed by atoms with van der Waals surface area (Å²) in [4.78, 5) is 2.55. The van der Waals surface area contributed by atoms with E-state index in [1.165, 1.54) is 45.3 Å². The predicted octanol–water partition coefficient (Wildman–Crippen LogP) is 1.08. The third-order valence-electron chi connectivity index (χ3n) is 3.12. The summed E-state index contributed by atoms with van der Waals surface area (Å²) in [5.74, 6) is 0.921. The molecule has 0 unspecified atom stereocenters. The minimum absolute atomic E-state index is 0.921. The second kappa shape index (κ2) is 3.75. The minimum atomic E-state index is 0.921. The van der Waals surface area contributed by atoms with Crippen LogP contribution in [0.2, 0.25) is 0 Å². The molecule has 0 amide bonds. The average molecular weight is 168 g/mol. The topological polar surface area (TPSA) is 15.3 Å². The maximum Gasteiger partial charge on any atom is 0.00934 e. The van der Waals surface area contributed by atoms with Crippen molar-refractivity contribution in [1.82, 2.24) is 10.2 Å². The molecule has 0 aromatic rings. The van der Waals surface area contributed by atoms with Crippen molar-refractivity contribution in [1.29, 1.82) is 0 Å². The van der Waals surface area contributed by atoms with E-state index in [4.69, 9.17) is 0 Å². The lowest BCUT2D eigenvalue weighted by Crippen LogP contribution is -2.37. The number of hydrogen-bond donors (Lipinski definition) is 1. The van der Waals surface area contributed by atoms with Gasteiger partial charge in [0.2, 0.25) is 0 Å². The normalized spacial score (nSPS) is 31.0. The van der Waals surface area contributed by atoms with E-state index in [2.05, 4.69) is 17.3 Å². The summed E-state index contributed by atoms with van der Waals surface area (Å²) in [6.45, 7) is 3.80. The third kappa shape index (κ3) is 2.20. The maximum absolute atomic E-state index is 3.47. The van der Waals surface area contributed by atoms with E-state index in [0.29, 0.717) is 0 Å². The molecule has 1 saturated heterocycles. The molecule has 0 spiro atoms. The number of nitrogens with one attached hydrogen (secondary N) is 1. The van der Waals surface area contributed by atoms with E-state index in [0.717, 1.165) is 12.0 Å². The fourth-order valence-corrected chi connectivity index (χ4v) is 2.15. The fourth-order valence-electron chi connectivity index (χ4n) is 2.15. The molecule has 1 atom stereocenters. The summed E-state index contributed by atoms with van der Waals surface area (Å²) < 4.78 is 0. The monoisotopic (exact) mass is 168 g/mol. The van der Waals surface area contributed by atoms with E-state index < -0.39 is 0 Å². The minimum Gasteiger partial charge on any atom is -0.316 e. The Kier molecular flexibility index (Phi) is 2.66. The number of rotatable bonds is 3. The Morgan fingerprint density at radius 1 is 1.33 bits per heavy atom. The molecule has 2 rings (SSSR count). The molecule has 2 aliphatic rings. The molecule has 2 heteroatoms. The molecule has 1 aliphatic heterocycles. The zero-order valence-corrected chi connectivity index (χ0v) is 8.05. The Hall–Kier alpha value is -0.0800. The van der Waals surface area contributed by atoms with Crippen LogP contribution in [0.4, 0.5) is 0 Å². The van der Waals surface area contributed by atoms with Gasteiger partial charge in [0.25, 0.3) is 0 Å². The van der Waals surface area contributed by atoms with Crippen LogP contribution in [0.5, 0.6) is 0 Å². The van der Waals surface area contributed by atoms with Crippen LogP contribution in [-0.4, -0.2) is 37.6 Å². The summed E-state index contributed by atoms with van der Waals surface area (Å²) in [5.41, 5.74) is 0. The van der Waals surface area contributed by atoms with E-state index in [1.807, 2.05) is 0 Å². The van der Waals surface area contributed by atoms with E-state index in [1.54, 1.807) is 0 Å². The average Bonchev–Trinajstić information content (AvgIpc) is 2.88. The molecule has 1 N–H and O–H groups in total. The highest BCUT2D eigenvalue weighted by atomic mass is 15.2. The molecule has 2 fully saturated rings.